The van der Waals surface area contributed by atoms with Crippen molar-refractivity contribution in [3.63, 3.8) is 0 Å². The zero-order valence-electron chi connectivity index (χ0n) is 16.1. The summed E-state index contributed by atoms with van der Waals surface area (Å²) in [6, 6.07) is 0. The van der Waals surface area contributed by atoms with Gasteiger partial charge in [0.05, 0.1) is 12.7 Å². The molecule has 2 atom stereocenters. The summed E-state index contributed by atoms with van der Waals surface area (Å²) >= 11 is 0. The summed E-state index contributed by atoms with van der Waals surface area (Å²) in [5.74, 6) is 1.86. The number of nitrogens with zero attached hydrogens (tertiary/aromatic N) is 2. The molecule has 0 spiro atoms. The molecule has 1 aliphatic carbocycles. The van der Waals surface area contributed by atoms with Gasteiger partial charge < -0.3 is 19.7 Å². The van der Waals surface area contributed by atoms with Crippen LogP contribution in [0, 0.1) is 11.3 Å². The van der Waals surface area contributed by atoms with Crippen LogP contribution in [0.4, 0.5) is 0 Å². The minimum atomic E-state index is 0. The van der Waals surface area contributed by atoms with Crippen molar-refractivity contribution in [1.82, 2.24) is 10.2 Å². The van der Waals surface area contributed by atoms with Crippen molar-refractivity contribution in [3.8, 4) is 0 Å². The quantitative estimate of drug-likeness (QED) is 0.393. The van der Waals surface area contributed by atoms with Crippen LogP contribution in [-0.2, 0) is 9.47 Å². The van der Waals surface area contributed by atoms with Crippen LogP contribution in [0.5, 0.6) is 0 Å². The van der Waals surface area contributed by atoms with Crippen molar-refractivity contribution in [2.24, 2.45) is 16.3 Å². The first-order valence-electron chi connectivity index (χ1n) is 9.79. The molecule has 3 rings (SSSR count). The average Bonchev–Trinajstić information content (AvgIpc) is 3.29. The topological polar surface area (TPSA) is 46.1 Å². The maximum Gasteiger partial charge on any atom is 0.193 e. The molecule has 146 valence electrons. The second-order valence-electron chi connectivity index (χ2n) is 8.28. The van der Waals surface area contributed by atoms with Gasteiger partial charge in [-0.15, -0.1) is 24.0 Å². The lowest BCUT2D eigenvalue weighted by molar-refractivity contribution is -0.0817. The zero-order chi connectivity index (χ0) is 17.0. The summed E-state index contributed by atoms with van der Waals surface area (Å²) < 4.78 is 11.8. The summed E-state index contributed by atoms with van der Waals surface area (Å²) in [6.07, 6.45) is 8.29. The molecule has 25 heavy (non-hydrogen) atoms. The first-order chi connectivity index (χ1) is 11.6. The predicted molar refractivity (Wildman–Crippen MR) is 113 cm³/mol. The van der Waals surface area contributed by atoms with E-state index in [0.29, 0.717) is 5.41 Å². The lowest BCUT2D eigenvalue weighted by Gasteiger charge is -2.39. The molecule has 2 heterocycles. The van der Waals surface area contributed by atoms with Gasteiger partial charge in [0, 0.05) is 33.3 Å². The van der Waals surface area contributed by atoms with Gasteiger partial charge in [-0.1, -0.05) is 26.7 Å². The molecule has 2 saturated heterocycles. The van der Waals surface area contributed by atoms with Gasteiger partial charge in [-0.05, 0) is 37.0 Å². The van der Waals surface area contributed by atoms with Crippen LogP contribution >= 0.6 is 24.0 Å². The first-order valence-corrected chi connectivity index (χ1v) is 9.79. The van der Waals surface area contributed by atoms with Gasteiger partial charge in [-0.25, -0.2) is 0 Å². The Morgan fingerprint density at radius 2 is 1.80 bits per heavy atom. The average molecular weight is 465 g/mol. The molecule has 1 saturated carbocycles. The highest BCUT2D eigenvalue weighted by molar-refractivity contribution is 14.0. The van der Waals surface area contributed by atoms with E-state index in [1.165, 1.54) is 25.7 Å². The molecule has 0 aromatic heterocycles. The Morgan fingerprint density at radius 1 is 1.08 bits per heavy atom. The summed E-state index contributed by atoms with van der Waals surface area (Å²) in [5, 5.41) is 3.65. The molecule has 0 aromatic rings. The van der Waals surface area contributed by atoms with E-state index in [2.05, 4.69) is 29.1 Å². The third-order valence-electron chi connectivity index (χ3n) is 6.15. The highest BCUT2D eigenvalue weighted by atomic mass is 127. The van der Waals surface area contributed by atoms with Crippen molar-refractivity contribution in [1.29, 1.82) is 0 Å². The van der Waals surface area contributed by atoms with E-state index in [0.717, 1.165) is 57.6 Å². The smallest absolute Gasteiger partial charge is 0.193 e. The Bertz CT molecular complexity index is 432. The largest absolute Gasteiger partial charge is 0.375 e. The Hall–Kier alpha value is -0.0800. The van der Waals surface area contributed by atoms with Crippen LogP contribution in [0.3, 0.4) is 0 Å². The maximum atomic E-state index is 5.96. The van der Waals surface area contributed by atoms with Gasteiger partial charge in [0.1, 0.15) is 6.10 Å². The van der Waals surface area contributed by atoms with Gasteiger partial charge in [-0.3, -0.25) is 4.99 Å². The van der Waals surface area contributed by atoms with Crippen LogP contribution in [0.1, 0.15) is 52.4 Å². The maximum absolute atomic E-state index is 5.96. The van der Waals surface area contributed by atoms with Gasteiger partial charge in [0.15, 0.2) is 5.96 Å². The fourth-order valence-electron chi connectivity index (χ4n) is 4.48. The highest BCUT2D eigenvalue weighted by Gasteiger charge is 2.34. The van der Waals surface area contributed by atoms with Gasteiger partial charge in [-0.2, -0.15) is 0 Å². The second kappa shape index (κ2) is 9.74. The lowest BCUT2D eigenvalue weighted by Crippen LogP contribution is -2.54. The van der Waals surface area contributed by atoms with Gasteiger partial charge in [0.25, 0.3) is 0 Å². The molecule has 0 bridgehead atoms. The van der Waals surface area contributed by atoms with E-state index < -0.39 is 0 Å². The molecule has 1 N–H and O–H groups in total. The number of aliphatic imine (C=N–C) groups is 1. The minimum Gasteiger partial charge on any atom is -0.375 e. The molecule has 5 nitrogen and oxygen atoms in total. The van der Waals surface area contributed by atoms with Crippen LogP contribution < -0.4 is 5.32 Å². The van der Waals surface area contributed by atoms with E-state index in [1.807, 2.05) is 7.05 Å². The normalized spacial score (nSPS) is 28.9. The second-order valence-corrected chi connectivity index (χ2v) is 8.28. The predicted octanol–water partition coefficient (Wildman–Crippen LogP) is 3.28. The summed E-state index contributed by atoms with van der Waals surface area (Å²) in [5.41, 5.74) is 0.326. The molecular weight excluding hydrogens is 429 g/mol. The standard InChI is InChI=1S/C19H35N3O2.HI/c1-19(2,15-7-4-5-8-15)14-21-18(20-3)22-10-12-24-17(13-22)16-9-6-11-23-16;/h15-17H,4-14H2,1-3H3,(H,20,21);1H. The number of rotatable bonds is 4. The molecule has 0 aromatic carbocycles. The number of hydrogen-bond acceptors (Lipinski definition) is 3. The van der Waals surface area contributed by atoms with E-state index in [4.69, 9.17) is 9.47 Å². The SMILES string of the molecule is CN=C(NCC(C)(C)C1CCCC1)N1CCOC(C2CCCO2)C1.I. The summed E-state index contributed by atoms with van der Waals surface area (Å²) in [6.45, 7) is 9.23. The molecule has 6 heteroatoms. The number of hydrogen-bond donors (Lipinski definition) is 1. The fraction of sp³-hybridized carbons (Fsp3) is 0.947. The van der Waals surface area contributed by atoms with Crippen LogP contribution in [-0.4, -0.2) is 63.0 Å². The first kappa shape index (κ1) is 21.2. The highest BCUT2D eigenvalue weighted by Crippen LogP contribution is 2.39. The third kappa shape index (κ3) is 5.45. The Kier molecular flexibility index (Phi) is 8.27. The van der Waals surface area contributed by atoms with Crippen molar-refractivity contribution in [3.05, 3.63) is 0 Å². The summed E-state index contributed by atoms with van der Waals surface area (Å²) in [4.78, 5) is 6.89. The molecule has 3 fully saturated rings. The Balaban J connectivity index is 0.00000225. The molecular formula is C19H36IN3O2. The number of ether oxygens (including phenoxy) is 2. The lowest BCUT2D eigenvalue weighted by atomic mass is 9.78. The van der Waals surface area contributed by atoms with E-state index in [1.54, 1.807) is 0 Å². The monoisotopic (exact) mass is 465 g/mol. The van der Waals surface area contributed by atoms with Crippen molar-refractivity contribution in [2.75, 3.05) is 39.9 Å². The molecule has 3 aliphatic rings. The van der Waals surface area contributed by atoms with E-state index in [9.17, 15) is 0 Å². The molecule has 2 unspecified atom stereocenters. The van der Waals surface area contributed by atoms with Crippen molar-refractivity contribution < 1.29 is 9.47 Å². The summed E-state index contributed by atoms with van der Waals surface area (Å²) in [7, 11) is 1.89. The zero-order valence-corrected chi connectivity index (χ0v) is 18.5. The number of morpholine rings is 1. The number of guanidine groups is 1. The molecule has 2 aliphatic heterocycles. The van der Waals surface area contributed by atoms with Crippen LogP contribution in [0.25, 0.3) is 0 Å². The Labute approximate surface area is 170 Å². The third-order valence-corrected chi connectivity index (χ3v) is 6.15. The van der Waals surface area contributed by atoms with E-state index in [-0.39, 0.29) is 36.2 Å². The Morgan fingerprint density at radius 3 is 2.44 bits per heavy atom. The van der Waals surface area contributed by atoms with Crippen LogP contribution in [0.15, 0.2) is 4.99 Å². The number of halogens is 1. The van der Waals surface area contributed by atoms with Crippen molar-refractivity contribution >= 4 is 29.9 Å². The van der Waals surface area contributed by atoms with E-state index >= 15 is 0 Å². The van der Waals surface area contributed by atoms with Crippen molar-refractivity contribution in [2.45, 2.75) is 64.6 Å². The minimum absolute atomic E-state index is 0. The number of nitrogens with one attached hydrogen (secondary N) is 1. The molecule has 0 amide bonds. The fourth-order valence-corrected chi connectivity index (χ4v) is 4.48. The van der Waals surface area contributed by atoms with Gasteiger partial charge >= 0.3 is 0 Å². The van der Waals surface area contributed by atoms with Gasteiger partial charge in [0.2, 0.25) is 0 Å². The molecule has 0 radical (unpaired) electrons. The van der Waals surface area contributed by atoms with Crippen LogP contribution in [0.2, 0.25) is 0 Å².